The summed E-state index contributed by atoms with van der Waals surface area (Å²) in [4.78, 5) is 2.14. The van der Waals surface area contributed by atoms with Gasteiger partial charge in [-0.05, 0) is 60.5 Å². The zero-order valence-electron chi connectivity index (χ0n) is 42.7. The molecule has 3 aromatic rings. The smallest absolute Gasteiger partial charge is 0.179 e. The van der Waals surface area contributed by atoms with Crippen LogP contribution in [0.5, 0.6) is 23.0 Å². The molecule has 0 N–H and O–H groups in total. The number of benzene rings is 1. The van der Waals surface area contributed by atoms with Crippen molar-refractivity contribution in [3.8, 4) is 43.9 Å². The Bertz CT molecular complexity index is 1570. The molecule has 0 aliphatic carbocycles. The Morgan fingerprint density at radius 1 is 0.439 bits per heavy atom. The molecule has 0 radical (unpaired) electrons. The van der Waals surface area contributed by atoms with Crippen LogP contribution in [0.15, 0.2) is 35.0 Å². The van der Waals surface area contributed by atoms with Crippen molar-refractivity contribution in [1.82, 2.24) is 0 Å². The first-order chi connectivity index (χ1) is 32.3. The first kappa shape index (κ1) is 54.6. The van der Waals surface area contributed by atoms with E-state index in [9.17, 15) is 0 Å². The molecule has 0 spiro atoms. The normalized spacial score (nSPS) is 20.1. The largest absolute Gasteiger partial charge is 0.488 e. The van der Waals surface area contributed by atoms with E-state index in [-0.39, 0.29) is 0 Å². The summed E-state index contributed by atoms with van der Waals surface area (Å²) in [6.45, 7) is 25.3. The van der Waals surface area contributed by atoms with Crippen LogP contribution in [0, 0.1) is 34.5 Å². The van der Waals surface area contributed by atoms with Gasteiger partial charge in [-0.3, -0.25) is 0 Å². The summed E-state index contributed by atoms with van der Waals surface area (Å²) in [6, 6.07) is 8.77. The van der Waals surface area contributed by atoms with Crippen molar-refractivity contribution in [2.75, 3.05) is 79.3 Å². The van der Waals surface area contributed by atoms with Crippen LogP contribution in [0.25, 0.3) is 20.9 Å². The number of unbranched alkanes of at least 4 members (excludes halogenated alkanes) is 4. The van der Waals surface area contributed by atoms with Crippen molar-refractivity contribution in [3.63, 3.8) is 0 Å². The van der Waals surface area contributed by atoms with Crippen LogP contribution < -0.4 is 18.9 Å². The van der Waals surface area contributed by atoms with Crippen molar-refractivity contribution in [3.05, 3.63) is 35.0 Å². The molecule has 374 valence electrons. The zero-order valence-corrected chi connectivity index (χ0v) is 44.3. The Hall–Kier alpha value is -2.34. The topological polar surface area (TPSA) is 73.8 Å². The molecular weight excluding hydrogens is 865 g/mol. The summed E-state index contributed by atoms with van der Waals surface area (Å²) in [6.07, 6.45) is 19.1. The van der Waals surface area contributed by atoms with Crippen molar-refractivity contribution >= 4 is 22.7 Å². The van der Waals surface area contributed by atoms with Crippen LogP contribution in [0.3, 0.4) is 0 Å². The highest BCUT2D eigenvalue weighted by Gasteiger charge is 2.40. The zero-order chi connectivity index (χ0) is 47.0. The summed E-state index contributed by atoms with van der Waals surface area (Å²) >= 11 is 3.34. The first-order valence-electron chi connectivity index (χ1n) is 26.4. The molecule has 2 aliphatic heterocycles. The standard InChI is InChI=1S/C56H90O8S2/c1-9-17-21-43(13-5)29-57-35-55(36-58-30-44(14-6)22-18-10-2)39-61-49-33-65-53(51(49)63-41-55)47-25-27-48(28-26-47)54-52-50(34-66-54)62-40-56(42-64-52,37-59-31-45(15-7)23-19-11-3)38-60-32-46(16-8)24-20-12-4/h25-28,33-34,43-46H,9-24,29-32,35-42H2,1-8H3. The van der Waals surface area contributed by atoms with Gasteiger partial charge in [0.05, 0.1) is 47.0 Å². The predicted octanol–water partition coefficient (Wildman–Crippen LogP) is 15.6. The van der Waals surface area contributed by atoms with E-state index in [0.717, 1.165) is 96.0 Å². The minimum Gasteiger partial charge on any atom is -0.488 e. The van der Waals surface area contributed by atoms with E-state index >= 15 is 0 Å². The summed E-state index contributed by atoms with van der Waals surface area (Å²) in [5, 5.41) is 4.19. The molecule has 0 saturated heterocycles. The quantitative estimate of drug-likeness (QED) is 0.0586. The lowest BCUT2D eigenvalue weighted by atomic mass is 9.91. The number of hydrogen-bond acceptors (Lipinski definition) is 10. The van der Waals surface area contributed by atoms with Gasteiger partial charge in [-0.25, -0.2) is 0 Å². The molecule has 5 rings (SSSR count). The number of ether oxygens (including phenoxy) is 8. The predicted molar refractivity (Wildman–Crippen MR) is 276 cm³/mol. The maximum absolute atomic E-state index is 6.80. The Labute approximate surface area is 409 Å². The van der Waals surface area contributed by atoms with E-state index in [1.807, 2.05) is 0 Å². The van der Waals surface area contributed by atoms with Crippen LogP contribution in [-0.4, -0.2) is 79.3 Å². The fraction of sp³-hybridized carbons (Fsp3) is 0.750. The molecule has 2 aromatic heterocycles. The Kier molecular flexibility index (Phi) is 24.5. The van der Waals surface area contributed by atoms with Crippen molar-refractivity contribution in [2.24, 2.45) is 34.5 Å². The molecule has 0 saturated carbocycles. The summed E-state index contributed by atoms with van der Waals surface area (Å²) in [7, 11) is 0. The fourth-order valence-electron chi connectivity index (χ4n) is 9.08. The molecule has 10 heteroatoms. The molecule has 4 unspecified atom stereocenters. The van der Waals surface area contributed by atoms with E-state index in [2.05, 4.69) is 90.4 Å². The van der Waals surface area contributed by atoms with Crippen LogP contribution in [0.1, 0.15) is 158 Å². The summed E-state index contributed by atoms with van der Waals surface area (Å²) < 4.78 is 53.0. The minimum atomic E-state index is -0.405. The van der Waals surface area contributed by atoms with Gasteiger partial charge in [-0.1, -0.05) is 157 Å². The van der Waals surface area contributed by atoms with E-state index < -0.39 is 10.8 Å². The van der Waals surface area contributed by atoms with Gasteiger partial charge in [0.15, 0.2) is 23.0 Å². The highest BCUT2D eigenvalue weighted by Crippen LogP contribution is 2.50. The average Bonchev–Trinajstić information content (AvgIpc) is 3.85. The second kappa shape index (κ2) is 29.6. The molecule has 2 aliphatic rings. The van der Waals surface area contributed by atoms with E-state index in [0.29, 0.717) is 76.5 Å². The number of thiophene rings is 2. The molecule has 1 aromatic carbocycles. The lowest BCUT2D eigenvalue weighted by molar-refractivity contribution is -0.0715. The number of rotatable bonds is 34. The van der Waals surface area contributed by atoms with Crippen LogP contribution in [-0.2, 0) is 18.9 Å². The van der Waals surface area contributed by atoms with Gasteiger partial charge in [-0.2, -0.15) is 0 Å². The van der Waals surface area contributed by atoms with Gasteiger partial charge in [-0.15, -0.1) is 22.7 Å². The monoisotopic (exact) mass is 955 g/mol. The van der Waals surface area contributed by atoms with Gasteiger partial charge >= 0.3 is 0 Å². The van der Waals surface area contributed by atoms with Gasteiger partial charge in [0.25, 0.3) is 0 Å². The van der Waals surface area contributed by atoms with Gasteiger partial charge in [0, 0.05) is 37.2 Å². The highest BCUT2D eigenvalue weighted by molar-refractivity contribution is 7.14. The maximum atomic E-state index is 6.80. The SMILES string of the molecule is CCCCC(CC)COCC1(COCC(CC)CCCC)COc2csc(-c3ccc(-c4scc5c4OCC(COCC(CC)CCCC)(COCC(CC)CCCC)CO5)cc3)c2OC1. The fourth-order valence-corrected chi connectivity index (χ4v) is 11.0. The lowest BCUT2D eigenvalue weighted by Crippen LogP contribution is -2.43. The van der Waals surface area contributed by atoms with E-state index in [1.54, 1.807) is 22.7 Å². The molecular formula is C56H90O8S2. The van der Waals surface area contributed by atoms with Crippen molar-refractivity contribution in [2.45, 2.75) is 158 Å². The molecule has 0 amide bonds. The van der Waals surface area contributed by atoms with Crippen LogP contribution in [0.2, 0.25) is 0 Å². The van der Waals surface area contributed by atoms with Crippen molar-refractivity contribution in [1.29, 1.82) is 0 Å². The second-order valence-electron chi connectivity index (χ2n) is 20.0. The second-order valence-corrected chi connectivity index (χ2v) is 21.7. The lowest BCUT2D eigenvalue weighted by Gasteiger charge is -2.32. The molecule has 66 heavy (non-hydrogen) atoms. The highest BCUT2D eigenvalue weighted by atomic mass is 32.1. The molecule has 8 nitrogen and oxygen atoms in total. The van der Waals surface area contributed by atoms with E-state index in [4.69, 9.17) is 37.9 Å². The third kappa shape index (κ3) is 16.4. The summed E-state index contributed by atoms with van der Waals surface area (Å²) in [5.41, 5.74) is 1.38. The molecule has 4 heterocycles. The Morgan fingerprint density at radius 2 is 0.727 bits per heavy atom. The third-order valence-corrected chi connectivity index (χ3v) is 16.1. The number of fused-ring (bicyclic) bond motifs is 2. The molecule has 0 bridgehead atoms. The Morgan fingerprint density at radius 3 is 1.00 bits per heavy atom. The number of hydrogen-bond donors (Lipinski definition) is 0. The van der Waals surface area contributed by atoms with Gasteiger partial charge in [0.1, 0.15) is 26.4 Å². The molecule has 0 fully saturated rings. The van der Waals surface area contributed by atoms with Gasteiger partial charge in [0.2, 0.25) is 0 Å². The third-order valence-electron chi connectivity index (χ3n) is 14.2. The van der Waals surface area contributed by atoms with Crippen LogP contribution >= 0.6 is 22.7 Å². The van der Waals surface area contributed by atoms with Crippen LogP contribution in [0.4, 0.5) is 0 Å². The molecule has 4 atom stereocenters. The minimum absolute atomic E-state index is 0.405. The maximum Gasteiger partial charge on any atom is 0.179 e. The first-order valence-corrected chi connectivity index (χ1v) is 28.2. The summed E-state index contributed by atoms with van der Waals surface area (Å²) in [5.74, 6) is 5.49. The van der Waals surface area contributed by atoms with Gasteiger partial charge < -0.3 is 37.9 Å². The Balaban J connectivity index is 1.28. The van der Waals surface area contributed by atoms with E-state index in [1.165, 1.54) is 77.0 Å². The average molecular weight is 955 g/mol. The van der Waals surface area contributed by atoms with Crippen molar-refractivity contribution < 1.29 is 37.9 Å².